The highest BCUT2D eigenvalue weighted by atomic mass is 32.1. The molecule has 1 heterocycles. The highest BCUT2D eigenvalue weighted by Gasteiger charge is 2.20. The lowest BCUT2D eigenvalue weighted by Crippen LogP contribution is -2.25. The van der Waals surface area contributed by atoms with Crippen molar-refractivity contribution in [1.29, 1.82) is 0 Å². The maximum absolute atomic E-state index is 4.35. The number of hydrogen-bond donors (Lipinski definition) is 2. The Kier molecular flexibility index (Phi) is 1.46. The second kappa shape index (κ2) is 2.34. The lowest BCUT2D eigenvalue weighted by Gasteiger charge is -2.15. The molecule has 11 heavy (non-hydrogen) atoms. The van der Waals surface area contributed by atoms with Gasteiger partial charge in [0.1, 0.15) is 5.50 Å². The summed E-state index contributed by atoms with van der Waals surface area (Å²) in [6.45, 7) is 0. The Morgan fingerprint density at radius 3 is 2.91 bits per heavy atom. The van der Waals surface area contributed by atoms with Crippen molar-refractivity contribution in [2.24, 2.45) is 0 Å². The fraction of sp³-hybridized carbons (Fsp3) is 0.250. The molecule has 1 aliphatic heterocycles. The van der Waals surface area contributed by atoms with E-state index in [4.69, 9.17) is 0 Å². The van der Waals surface area contributed by atoms with Crippen LogP contribution in [-0.2, 0) is 0 Å². The maximum Gasteiger partial charge on any atom is 0.145 e. The first kappa shape index (κ1) is 6.85. The van der Waals surface area contributed by atoms with Crippen molar-refractivity contribution >= 4 is 24.0 Å². The lowest BCUT2D eigenvalue weighted by atomic mass is 10.3. The average molecular weight is 166 g/mol. The van der Waals surface area contributed by atoms with Crippen molar-refractivity contribution in [3.8, 4) is 0 Å². The van der Waals surface area contributed by atoms with Crippen LogP contribution in [0.4, 0.5) is 11.4 Å². The lowest BCUT2D eigenvalue weighted by molar-refractivity contribution is 0.979. The van der Waals surface area contributed by atoms with Gasteiger partial charge in [-0.2, -0.15) is 0 Å². The standard InChI is InChI=1S/C8H10N2S/c1-10-7-5-3-2-4-6(7)9-8(10)11/h2-5,8-9,11H,1H3. The zero-order valence-corrected chi connectivity index (χ0v) is 7.18. The Balaban J connectivity index is 2.47. The van der Waals surface area contributed by atoms with Gasteiger partial charge in [0.05, 0.1) is 11.4 Å². The van der Waals surface area contributed by atoms with E-state index in [-0.39, 0.29) is 5.50 Å². The highest BCUT2D eigenvalue weighted by molar-refractivity contribution is 7.81. The number of rotatable bonds is 0. The van der Waals surface area contributed by atoms with Crippen molar-refractivity contribution in [3.05, 3.63) is 24.3 Å². The Labute approximate surface area is 71.6 Å². The van der Waals surface area contributed by atoms with E-state index >= 15 is 0 Å². The van der Waals surface area contributed by atoms with Gasteiger partial charge in [-0.25, -0.2) is 0 Å². The summed E-state index contributed by atoms with van der Waals surface area (Å²) in [7, 11) is 2.02. The number of fused-ring (bicyclic) bond motifs is 1. The molecule has 3 heteroatoms. The van der Waals surface area contributed by atoms with Gasteiger partial charge >= 0.3 is 0 Å². The van der Waals surface area contributed by atoms with Crippen molar-refractivity contribution in [3.63, 3.8) is 0 Å². The number of hydrogen-bond acceptors (Lipinski definition) is 3. The molecule has 2 nitrogen and oxygen atoms in total. The van der Waals surface area contributed by atoms with Crippen LogP contribution in [0.1, 0.15) is 0 Å². The molecule has 1 unspecified atom stereocenters. The summed E-state index contributed by atoms with van der Waals surface area (Å²) < 4.78 is 0. The second-order valence-electron chi connectivity index (χ2n) is 2.65. The minimum atomic E-state index is 0.118. The predicted octanol–water partition coefficient (Wildman–Crippen LogP) is 1.76. The van der Waals surface area contributed by atoms with Crippen LogP contribution in [0.2, 0.25) is 0 Å². The minimum absolute atomic E-state index is 0.118. The first-order valence-corrected chi connectivity index (χ1v) is 4.07. The summed E-state index contributed by atoms with van der Waals surface area (Å²) in [5, 5.41) is 3.24. The van der Waals surface area contributed by atoms with E-state index in [1.54, 1.807) is 0 Å². The highest BCUT2D eigenvalue weighted by Crippen LogP contribution is 2.33. The Morgan fingerprint density at radius 1 is 1.45 bits per heavy atom. The predicted molar refractivity (Wildman–Crippen MR) is 51.2 cm³/mol. The van der Waals surface area contributed by atoms with E-state index in [1.165, 1.54) is 5.69 Å². The summed E-state index contributed by atoms with van der Waals surface area (Å²) in [4.78, 5) is 2.10. The van der Waals surface area contributed by atoms with Gasteiger partial charge < -0.3 is 10.2 Å². The van der Waals surface area contributed by atoms with Crippen LogP contribution in [0.25, 0.3) is 0 Å². The molecule has 0 radical (unpaired) electrons. The number of para-hydroxylation sites is 2. The molecule has 1 aromatic rings. The summed E-state index contributed by atoms with van der Waals surface area (Å²) in [5.41, 5.74) is 2.50. The molecule has 1 aliphatic rings. The second-order valence-corrected chi connectivity index (χ2v) is 3.14. The maximum atomic E-state index is 4.35. The topological polar surface area (TPSA) is 15.3 Å². The van der Waals surface area contributed by atoms with Crippen LogP contribution < -0.4 is 10.2 Å². The molecule has 0 saturated carbocycles. The van der Waals surface area contributed by atoms with Gasteiger partial charge in [0, 0.05) is 7.05 Å². The first-order valence-electron chi connectivity index (χ1n) is 3.55. The van der Waals surface area contributed by atoms with E-state index in [2.05, 4.69) is 35.0 Å². The van der Waals surface area contributed by atoms with Crippen molar-refractivity contribution in [1.82, 2.24) is 0 Å². The van der Waals surface area contributed by atoms with Crippen molar-refractivity contribution in [2.45, 2.75) is 5.50 Å². The molecule has 0 aliphatic carbocycles. The van der Waals surface area contributed by atoms with Crippen molar-refractivity contribution in [2.75, 3.05) is 17.3 Å². The van der Waals surface area contributed by atoms with Gasteiger partial charge in [0.15, 0.2) is 0 Å². The number of benzene rings is 1. The van der Waals surface area contributed by atoms with E-state index in [9.17, 15) is 0 Å². The minimum Gasteiger partial charge on any atom is -0.355 e. The largest absolute Gasteiger partial charge is 0.355 e. The summed E-state index contributed by atoms with van der Waals surface area (Å²) in [6, 6.07) is 8.19. The Hall–Kier alpha value is -0.830. The number of anilines is 2. The van der Waals surface area contributed by atoms with Gasteiger partial charge in [0.2, 0.25) is 0 Å². The van der Waals surface area contributed by atoms with Gasteiger partial charge in [-0.15, -0.1) is 12.6 Å². The summed E-state index contributed by atoms with van der Waals surface area (Å²) in [5.74, 6) is 0. The molecule has 1 N–H and O–H groups in total. The number of nitrogens with zero attached hydrogens (tertiary/aromatic N) is 1. The molecule has 0 fully saturated rings. The molecular formula is C8H10N2S. The Bertz CT molecular complexity index is 275. The van der Waals surface area contributed by atoms with E-state index < -0.39 is 0 Å². The average Bonchev–Trinajstić information content (AvgIpc) is 2.30. The van der Waals surface area contributed by atoms with Crippen LogP contribution in [0, 0.1) is 0 Å². The van der Waals surface area contributed by atoms with Crippen LogP contribution in [0.15, 0.2) is 24.3 Å². The number of nitrogens with one attached hydrogen (secondary N) is 1. The molecule has 1 aromatic carbocycles. The van der Waals surface area contributed by atoms with Gasteiger partial charge in [-0.3, -0.25) is 0 Å². The fourth-order valence-corrected chi connectivity index (χ4v) is 1.53. The zero-order chi connectivity index (χ0) is 7.84. The molecule has 2 rings (SSSR count). The molecular weight excluding hydrogens is 156 g/mol. The fourth-order valence-electron chi connectivity index (χ4n) is 1.27. The first-order chi connectivity index (χ1) is 5.29. The van der Waals surface area contributed by atoms with Gasteiger partial charge in [0.25, 0.3) is 0 Å². The smallest absolute Gasteiger partial charge is 0.145 e. The third-order valence-corrected chi connectivity index (χ3v) is 2.41. The van der Waals surface area contributed by atoms with Gasteiger partial charge in [-0.1, -0.05) is 12.1 Å². The molecule has 0 spiro atoms. The van der Waals surface area contributed by atoms with E-state index in [1.807, 2.05) is 19.2 Å². The third-order valence-electron chi connectivity index (χ3n) is 1.94. The van der Waals surface area contributed by atoms with E-state index in [0.717, 1.165) is 5.69 Å². The quantitative estimate of drug-likeness (QED) is 0.571. The molecule has 58 valence electrons. The normalized spacial score (nSPS) is 21.3. The zero-order valence-electron chi connectivity index (χ0n) is 6.28. The molecule has 0 amide bonds. The van der Waals surface area contributed by atoms with E-state index in [0.29, 0.717) is 0 Å². The molecule has 0 saturated heterocycles. The van der Waals surface area contributed by atoms with Crippen LogP contribution in [0.3, 0.4) is 0 Å². The molecule has 0 bridgehead atoms. The third kappa shape index (κ3) is 0.959. The van der Waals surface area contributed by atoms with Crippen LogP contribution in [0.5, 0.6) is 0 Å². The van der Waals surface area contributed by atoms with Crippen LogP contribution in [-0.4, -0.2) is 12.5 Å². The molecule has 1 atom stereocenters. The summed E-state index contributed by atoms with van der Waals surface area (Å²) >= 11 is 4.35. The number of thiol groups is 1. The molecule has 0 aromatic heterocycles. The van der Waals surface area contributed by atoms with Crippen LogP contribution >= 0.6 is 12.6 Å². The SMILES string of the molecule is CN1c2ccccc2NC1S. The Morgan fingerprint density at radius 2 is 2.18 bits per heavy atom. The monoisotopic (exact) mass is 166 g/mol. The van der Waals surface area contributed by atoms with Crippen molar-refractivity contribution < 1.29 is 0 Å². The summed E-state index contributed by atoms with van der Waals surface area (Å²) in [6.07, 6.45) is 0. The van der Waals surface area contributed by atoms with Gasteiger partial charge in [-0.05, 0) is 12.1 Å².